The number of hydrogen-bond acceptors (Lipinski definition) is 4. The number of nitrogens with one attached hydrogen (secondary N) is 1. The minimum atomic E-state index is -0.743. The second-order valence-electron chi connectivity index (χ2n) is 6.51. The average Bonchev–Trinajstić information content (AvgIpc) is 3.24. The number of hydrogen-bond donors (Lipinski definition) is 1. The molecule has 3 aromatic rings. The first-order valence-corrected chi connectivity index (χ1v) is 8.79. The molecule has 1 N–H and O–H groups in total. The zero-order valence-corrected chi connectivity index (χ0v) is 14.6. The van der Waals surface area contributed by atoms with Gasteiger partial charge in [0.05, 0.1) is 17.3 Å². The quantitative estimate of drug-likeness (QED) is 0.770. The third-order valence-corrected chi connectivity index (χ3v) is 4.92. The first kappa shape index (κ1) is 17.4. The lowest BCUT2D eigenvalue weighted by Crippen LogP contribution is -2.44. The van der Waals surface area contributed by atoms with E-state index in [9.17, 15) is 9.18 Å². The fraction of sp³-hybridized carbons (Fsp3) is 0.250. The molecule has 0 spiro atoms. The smallest absolute Gasteiger partial charge is 0.235 e. The predicted octanol–water partition coefficient (Wildman–Crippen LogP) is 3.09. The van der Waals surface area contributed by atoms with Crippen LogP contribution in [-0.4, -0.2) is 33.9 Å². The minimum absolute atomic E-state index is 0.133. The van der Waals surface area contributed by atoms with Gasteiger partial charge in [0.15, 0.2) is 5.82 Å². The highest BCUT2D eigenvalue weighted by molar-refractivity contribution is 5.99. The molecule has 1 aliphatic heterocycles. The number of pyridine rings is 1. The van der Waals surface area contributed by atoms with Crippen molar-refractivity contribution in [3.05, 3.63) is 72.4 Å². The number of amides is 1. The number of benzene rings is 1. The van der Waals surface area contributed by atoms with E-state index in [1.54, 1.807) is 47.5 Å². The molecule has 138 valence electrons. The lowest BCUT2D eigenvalue weighted by molar-refractivity contribution is -0.125. The Bertz CT molecular complexity index is 902. The van der Waals surface area contributed by atoms with Crippen LogP contribution in [0.25, 0.3) is 5.82 Å². The summed E-state index contributed by atoms with van der Waals surface area (Å²) < 4.78 is 20.4. The Morgan fingerprint density at radius 3 is 2.56 bits per heavy atom. The van der Waals surface area contributed by atoms with Gasteiger partial charge < -0.3 is 10.1 Å². The van der Waals surface area contributed by atoms with E-state index in [1.165, 1.54) is 12.1 Å². The normalized spacial score (nSPS) is 16.0. The summed E-state index contributed by atoms with van der Waals surface area (Å²) in [6.45, 7) is 0.975. The molecule has 1 amide bonds. The standard InChI is InChI=1S/C20H19FN4O2/c21-16-4-2-15(3-5-16)20(8-12-27-13-9-20)19(26)24-17-6-7-18(22-14-17)25-11-1-10-23-25/h1-7,10-11,14H,8-9,12-13H2,(H,24,26). The highest BCUT2D eigenvalue weighted by Crippen LogP contribution is 2.36. The molecule has 2 aromatic heterocycles. The number of rotatable bonds is 4. The molecule has 27 heavy (non-hydrogen) atoms. The maximum Gasteiger partial charge on any atom is 0.235 e. The lowest BCUT2D eigenvalue weighted by atomic mass is 9.73. The average molecular weight is 366 g/mol. The molecule has 3 heterocycles. The fourth-order valence-electron chi connectivity index (χ4n) is 3.39. The maximum atomic E-state index is 13.3. The van der Waals surface area contributed by atoms with E-state index in [0.717, 1.165) is 5.56 Å². The molecule has 1 aromatic carbocycles. The molecule has 1 fully saturated rings. The van der Waals surface area contributed by atoms with Crippen LogP contribution in [0.15, 0.2) is 61.1 Å². The Labute approximate surface area is 156 Å². The summed E-state index contributed by atoms with van der Waals surface area (Å²) in [5.74, 6) is 0.211. The van der Waals surface area contributed by atoms with E-state index >= 15 is 0 Å². The van der Waals surface area contributed by atoms with Crippen LogP contribution in [0.5, 0.6) is 0 Å². The van der Waals surface area contributed by atoms with Crippen molar-refractivity contribution in [2.45, 2.75) is 18.3 Å². The number of aromatic nitrogens is 3. The van der Waals surface area contributed by atoms with Gasteiger partial charge in [-0.15, -0.1) is 0 Å². The maximum absolute atomic E-state index is 13.3. The monoisotopic (exact) mass is 366 g/mol. The first-order chi connectivity index (χ1) is 13.2. The van der Waals surface area contributed by atoms with Crippen molar-refractivity contribution < 1.29 is 13.9 Å². The molecule has 1 saturated heterocycles. The molecule has 0 saturated carbocycles. The molecular weight excluding hydrogens is 347 g/mol. The summed E-state index contributed by atoms with van der Waals surface area (Å²) >= 11 is 0. The van der Waals surface area contributed by atoms with Crippen molar-refractivity contribution in [2.75, 3.05) is 18.5 Å². The van der Waals surface area contributed by atoms with Gasteiger partial charge in [0.1, 0.15) is 5.82 Å². The number of nitrogens with zero attached hydrogens (tertiary/aromatic N) is 3. The highest BCUT2D eigenvalue weighted by atomic mass is 19.1. The first-order valence-electron chi connectivity index (χ1n) is 8.79. The third kappa shape index (κ3) is 3.46. The van der Waals surface area contributed by atoms with Crippen LogP contribution in [-0.2, 0) is 14.9 Å². The van der Waals surface area contributed by atoms with E-state index in [4.69, 9.17) is 4.74 Å². The molecule has 7 heteroatoms. The van der Waals surface area contributed by atoms with Crippen LogP contribution in [0, 0.1) is 5.82 Å². The van der Waals surface area contributed by atoms with Crippen molar-refractivity contribution >= 4 is 11.6 Å². The van der Waals surface area contributed by atoms with Gasteiger partial charge in [-0.3, -0.25) is 4.79 Å². The number of ether oxygens (including phenoxy) is 1. The Kier molecular flexibility index (Phi) is 4.68. The van der Waals surface area contributed by atoms with Crippen LogP contribution < -0.4 is 5.32 Å². The Morgan fingerprint density at radius 2 is 1.93 bits per heavy atom. The fourth-order valence-corrected chi connectivity index (χ4v) is 3.39. The molecule has 1 aliphatic rings. The van der Waals surface area contributed by atoms with E-state index in [2.05, 4.69) is 15.4 Å². The predicted molar refractivity (Wildman–Crippen MR) is 98.1 cm³/mol. The zero-order chi connectivity index (χ0) is 18.7. The van der Waals surface area contributed by atoms with Gasteiger partial charge in [0, 0.05) is 25.6 Å². The van der Waals surface area contributed by atoms with Crippen molar-refractivity contribution in [1.29, 1.82) is 0 Å². The number of carbonyl (C=O) groups excluding carboxylic acids is 1. The molecule has 4 rings (SSSR count). The number of halogens is 1. The molecule has 0 atom stereocenters. The number of anilines is 1. The molecular formula is C20H19FN4O2. The van der Waals surface area contributed by atoms with Gasteiger partial charge in [-0.2, -0.15) is 5.10 Å². The van der Waals surface area contributed by atoms with Crippen LogP contribution in [0.4, 0.5) is 10.1 Å². The summed E-state index contributed by atoms with van der Waals surface area (Å²) in [6, 6.07) is 11.5. The van der Waals surface area contributed by atoms with Crippen LogP contribution in [0.3, 0.4) is 0 Å². The Morgan fingerprint density at radius 1 is 1.15 bits per heavy atom. The van der Waals surface area contributed by atoms with Crippen molar-refractivity contribution in [1.82, 2.24) is 14.8 Å². The highest BCUT2D eigenvalue weighted by Gasteiger charge is 2.41. The summed E-state index contributed by atoms with van der Waals surface area (Å²) in [4.78, 5) is 17.5. The van der Waals surface area contributed by atoms with Crippen molar-refractivity contribution in [3.63, 3.8) is 0 Å². The summed E-state index contributed by atoms with van der Waals surface area (Å²) in [6.07, 6.45) is 6.17. The van der Waals surface area contributed by atoms with Crippen molar-refractivity contribution in [2.24, 2.45) is 0 Å². The topological polar surface area (TPSA) is 69.0 Å². The third-order valence-electron chi connectivity index (χ3n) is 4.92. The van der Waals surface area contributed by atoms with Gasteiger partial charge in [0.25, 0.3) is 0 Å². The second-order valence-corrected chi connectivity index (χ2v) is 6.51. The van der Waals surface area contributed by atoms with Gasteiger partial charge in [-0.1, -0.05) is 12.1 Å². The van der Waals surface area contributed by atoms with Gasteiger partial charge in [-0.25, -0.2) is 14.1 Å². The van der Waals surface area contributed by atoms with Crippen LogP contribution in [0.1, 0.15) is 18.4 Å². The van der Waals surface area contributed by atoms with Gasteiger partial charge in [-0.05, 0) is 48.7 Å². The molecule has 0 aliphatic carbocycles. The van der Waals surface area contributed by atoms with Gasteiger partial charge in [0.2, 0.25) is 5.91 Å². The number of carbonyl (C=O) groups is 1. The minimum Gasteiger partial charge on any atom is -0.381 e. The summed E-state index contributed by atoms with van der Waals surface area (Å²) in [5.41, 5.74) is 0.654. The summed E-state index contributed by atoms with van der Waals surface area (Å²) in [5, 5.41) is 7.09. The van der Waals surface area contributed by atoms with Crippen LogP contribution in [0.2, 0.25) is 0 Å². The Hall–Kier alpha value is -3.06. The second kappa shape index (κ2) is 7.28. The zero-order valence-electron chi connectivity index (χ0n) is 14.6. The SMILES string of the molecule is O=C(Nc1ccc(-n2cccn2)nc1)C1(c2ccc(F)cc2)CCOCC1. The summed E-state index contributed by atoms with van der Waals surface area (Å²) in [7, 11) is 0. The Balaban J connectivity index is 1.58. The van der Waals surface area contributed by atoms with E-state index in [0.29, 0.717) is 37.6 Å². The molecule has 0 radical (unpaired) electrons. The van der Waals surface area contributed by atoms with Crippen molar-refractivity contribution in [3.8, 4) is 5.82 Å². The van der Waals surface area contributed by atoms with E-state index in [-0.39, 0.29) is 11.7 Å². The van der Waals surface area contributed by atoms with E-state index < -0.39 is 5.41 Å². The van der Waals surface area contributed by atoms with E-state index in [1.807, 2.05) is 6.07 Å². The molecule has 0 unspecified atom stereocenters. The molecule has 0 bridgehead atoms. The largest absolute Gasteiger partial charge is 0.381 e. The molecule has 6 nitrogen and oxygen atoms in total. The lowest BCUT2D eigenvalue weighted by Gasteiger charge is -2.36. The van der Waals surface area contributed by atoms with Gasteiger partial charge >= 0.3 is 0 Å². The van der Waals surface area contributed by atoms with Crippen LogP contribution >= 0.6 is 0 Å².